The van der Waals surface area contributed by atoms with Gasteiger partial charge in [-0.3, -0.25) is 9.78 Å². The normalized spacial score (nSPS) is 23.0. The molecule has 7 nitrogen and oxygen atoms in total. The summed E-state index contributed by atoms with van der Waals surface area (Å²) in [6, 6.07) is 3.51. The second kappa shape index (κ2) is 6.39. The molecule has 2 aliphatic rings. The molecule has 0 aliphatic carbocycles. The minimum atomic E-state index is -0.529. The molecule has 2 saturated heterocycles. The highest BCUT2D eigenvalue weighted by atomic mass is 16.3. The van der Waals surface area contributed by atoms with E-state index in [1.165, 1.54) is 0 Å². The van der Waals surface area contributed by atoms with Crippen LogP contribution in [0.3, 0.4) is 0 Å². The predicted octanol–water partition coefficient (Wildman–Crippen LogP) is 1.19. The van der Waals surface area contributed by atoms with E-state index in [0.717, 1.165) is 17.1 Å². The van der Waals surface area contributed by atoms with Gasteiger partial charge in [0.2, 0.25) is 5.91 Å². The number of carbonyl (C=O) groups excluding carboxylic acids is 2. The first kappa shape index (κ1) is 16.7. The molecule has 3 rings (SSSR count). The number of piperidine rings is 2. The molecular weight excluding hydrogens is 308 g/mol. The van der Waals surface area contributed by atoms with Crippen LogP contribution in [0.15, 0.2) is 12.1 Å². The summed E-state index contributed by atoms with van der Waals surface area (Å²) in [6.07, 6.45) is 1.15. The van der Waals surface area contributed by atoms with Gasteiger partial charge in [-0.25, -0.2) is 4.79 Å². The number of nitrogens with zero attached hydrogens (tertiary/aromatic N) is 2. The Bertz CT molecular complexity index is 633. The zero-order valence-corrected chi connectivity index (χ0v) is 14.1. The monoisotopic (exact) mass is 332 g/mol. The minimum Gasteiger partial charge on any atom is -0.391 e. The summed E-state index contributed by atoms with van der Waals surface area (Å²) in [5.41, 5.74) is 1.92. The Morgan fingerprint density at radius 2 is 1.96 bits per heavy atom. The molecule has 2 aliphatic heterocycles. The summed E-state index contributed by atoms with van der Waals surface area (Å²) >= 11 is 0. The largest absolute Gasteiger partial charge is 0.391 e. The Kier molecular flexibility index (Phi) is 4.45. The van der Waals surface area contributed by atoms with Crippen molar-refractivity contribution < 1.29 is 14.7 Å². The van der Waals surface area contributed by atoms with Gasteiger partial charge in [-0.05, 0) is 45.2 Å². The molecule has 7 heteroatoms. The van der Waals surface area contributed by atoms with Crippen LogP contribution in [0.4, 0.5) is 10.5 Å². The third-order valence-corrected chi connectivity index (χ3v) is 4.95. The topological polar surface area (TPSA) is 94.6 Å². The van der Waals surface area contributed by atoms with Crippen LogP contribution in [0.2, 0.25) is 0 Å². The zero-order chi connectivity index (χ0) is 17.3. The van der Waals surface area contributed by atoms with E-state index < -0.39 is 11.5 Å². The number of aromatic nitrogens is 1. The zero-order valence-electron chi connectivity index (χ0n) is 14.1. The maximum atomic E-state index is 12.5. The maximum absolute atomic E-state index is 12.5. The Morgan fingerprint density at radius 1 is 1.33 bits per heavy atom. The molecule has 1 unspecified atom stereocenters. The molecule has 1 aromatic rings. The van der Waals surface area contributed by atoms with E-state index in [0.29, 0.717) is 38.9 Å². The smallest absolute Gasteiger partial charge is 0.321 e. The highest BCUT2D eigenvalue weighted by Crippen LogP contribution is 2.38. The Balaban J connectivity index is 1.62. The van der Waals surface area contributed by atoms with Gasteiger partial charge in [-0.15, -0.1) is 0 Å². The molecule has 2 fully saturated rings. The molecule has 130 valence electrons. The first-order valence-corrected chi connectivity index (χ1v) is 8.36. The number of aliphatic hydroxyl groups is 1. The van der Waals surface area contributed by atoms with Crippen molar-refractivity contribution in [3.63, 3.8) is 0 Å². The van der Waals surface area contributed by atoms with Crippen molar-refractivity contribution in [2.24, 2.45) is 5.41 Å². The van der Waals surface area contributed by atoms with Crippen LogP contribution in [-0.2, 0) is 4.79 Å². The molecule has 0 bridgehead atoms. The van der Waals surface area contributed by atoms with Gasteiger partial charge in [0.05, 0.1) is 11.5 Å². The number of hydrogen-bond acceptors (Lipinski definition) is 4. The van der Waals surface area contributed by atoms with Gasteiger partial charge < -0.3 is 20.6 Å². The number of likely N-dealkylation sites (tertiary alicyclic amines) is 1. The van der Waals surface area contributed by atoms with Crippen LogP contribution >= 0.6 is 0 Å². The highest BCUT2D eigenvalue weighted by Gasteiger charge is 2.45. The first-order chi connectivity index (χ1) is 11.4. The number of pyridine rings is 1. The van der Waals surface area contributed by atoms with Crippen molar-refractivity contribution in [3.8, 4) is 0 Å². The van der Waals surface area contributed by atoms with Crippen molar-refractivity contribution in [1.82, 2.24) is 15.2 Å². The number of carbonyl (C=O) groups is 2. The Morgan fingerprint density at radius 3 is 2.58 bits per heavy atom. The second-order valence-electron chi connectivity index (χ2n) is 6.90. The molecule has 3 amide bonds. The number of hydrogen-bond donors (Lipinski definition) is 3. The van der Waals surface area contributed by atoms with E-state index >= 15 is 0 Å². The lowest BCUT2D eigenvalue weighted by molar-refractivity contribution is -0.140. The van der Waals surface area contributed by atoms with Crippen LogP contribution in [-0.4, -0.2) is 52.7 Å². The third-order valence-electron chi connectivity index (χ3n) is 4.95. The lowest BCUT2D eigenvalue weighted by Crippen LogP contribution is -2.56. The summed E-state index contributed by atoms with van der Waals surface area (Å²) in [5.74, 6) is 0.00763. The number of nitrogens with one attached hydrogen (secondary N) is 2. The minimum absolute atomic E-state index is 0.00763. The molecule has 24 heavy (non-hydrogen) atoms. The van der Waals surface area contributed by atoms with Gasteiger partial charge in [0.25, 0.3) is 0 Å². The molecular formula is C17H24N4O3. The fraction of sp³-hybridized carbons (Fsp3) is 0.588. The standard InChI is InChI=1S/C17H24N4O3/c1-11-7-13(8-12(2)19-11)20-16(24)21-5-3-17(4-6-21)9-14(22)10-18-15(17)23/h7-8,14,22H,3-6,9-10H2,1-2H3,(H,18,23)(H,19,20,24). The van der Waals surface area contributed by atoms with Gasteiger partial charge in [-0.1, -0.05) is 0 Å². The number of anilines is 1. The van der Waals surface area contributed by atoms with Crippen molar-refractivity contribution in [3.05, 3.63) is 23.5 Å². The molecule has 0 saturated carbocycles. The molecule has 3 heterocycles. The van der Waals surface area contributed by atoms with Gasteiger partial charge in [0.15, 0.2) is 0 Å². The summed E-state index contributed by atoms with van der Waals surface area (Å²) in [4.78, 5) is 30.7. The van der Waals surface area contributed by atoms with E-state index in [1.54, 1.807) is 4.90 Å². The van der Waals surface area contributed by atoms with E-state index in [-0.39, 0.29) is 11.9 Å². The fourth-order valence-electron chi connectivity index (χ4n) is 3.69. The summed E-state index contributed by atoms with van der Waals surface area (Å²) < 4.78 is 0. The molecule has 0 aromatic carbocycles. The van der Waals surface area contributed by atoms with Crippen LogP contribution < -0.4 is 10.6 Å². The highest BCUT2D eigenvalue weighted by molar-refractivity contribution is 5.90. The van der Waals surface area contributed by atoms with Crippen LogP contribution in [0, 0.1) is 19.3 Å². The average molecular weight is 332 g/mol. The van der Waals surface area contributed by atoms with Crippen LogP contribution in [0.25, 0.3) is 0 Å². The maximum Gasteiger partial charge on any atom is 0.321 e. The lowest BCUT2D eigenvalue weighted by atomic mass is 9.71. The lowest BCUT2D eigenvalue weighted by Gasteiger charge is -2.44. The molecule has 1 aromatic heterocycles. The number of β-amino-alcohol motifs (C(OH)–C–C–N with tert-alkyl or cyclic N) is 1. The van der Waals surface area contributed by atoms with E-state index in [9.17, 15) is 14.7 Å². The third kappa shape index (κ3) is 3.36. The van der Waals surface area contributed by atoms with E-state index in [1.807, 2.05) is 26.0 Å². The van der Waals surface area contributed by atoms with Crippen LogP contribution in [0.1, 0.15) is 30.7 Å². The van der Waals surface area contributed by atoms with Crippen molar-refractivity contribution in [2.45, 2.75) is 39.2 Å². The van der Waals surface area contributed by atoms with E-state index in [2.05, 4.69) is 15.6 Å². The van der Waals surface area contributed by atoms with Crippen LogP contribution in [0.5, 0.6) is 0 Å². The number of aryl methyl sites for hydroxylation is 2. The van der Waals surface area contributed by atoms with Gasteiger partial charge in [0, 0.05) is 36.7 Å². The molecule has 0 radical (unpaired) electrons. The Labute approximate surface area is 141 Å². The van der Waals surface area contributed by atoms with Crippen molar-refractivity contribution in [2.75, 3.05) is 25.0 Å². The molecule has 1 spiro atoms. The average Bonchev–Trinajstić information content (AvgIpc) is 2.51. The van der Waals surface area contributed by atoms with Gasteiger partial charge >= 0.3 is 6.03 Å². The number of amides is 3. The SMILES string of the molecule is Cc1cc(NC(=O)N2CCC3(CC2)CC(O)CNC3=O)cc(C)n1. The Hall–Kier alpha value is -2.15. The fourth-order valence-corrected chi connectivity index (χ4v) is 3.69. The number of rotatable bonds is 1. The predicted molar refractivity (Wildman–Crippen MR) is 89.6 cm³/mol. The summed E-state index contributed by atoms with van der Waals surface area (Å²) in [5, 5.41) is 15.5. The van der Waals surface area contributed by atoms with Gasteiger partial charge in [-0.2, -0.15) is 0 Å². The number of urea groups is 1. The van der Waals surface area contributed by atoms with Crippen molar-refractivity contribution >= 4 is 17.6 Å². The molecule has 1 atom stereocenters. The first-order valence-electron chi connectivity index (χ1n) is 8.36. The molecule has 3 N–H and O–H groups in total. The number of aliphatic hydroxyl groups excluding tert-OH is 1. The second-order valence-corrected chi connectivity index (χ2v) is 6.90. The van der Waals surface area contributed by atoms with Gasteiger partial charge in [0.1, 0.15) is 0 Å². The summed E-state index contributed by atoms with van der Waals surface area (Å²) in [6.45, 7) is 5.12. The summed E-state index contributed by atoms with van der Waals surface area (Å²) in [7, 11) is 0. The quantitative estimate of drug-likeness (QED) is 0.720. The van der Waals surface area contributed by atoms with E-state index in [4.69, 9.17) is 0 Å². The van der Waals surface area contributed by atoms with Crippen molar-refractivity contribution in [1.29, 1.82) is 0 Å².